The molecule has 1 aromatic heterocycles. The van der Waals surface area contributed by atoms with E-state index in [1.807, 2.05) is 18.7 Å². The molecule has 0 amide bonds. The van der Waals surface area contributed by atoms with Crippen molar-refractivity contribution in [3.05, 3.63) is 0 Å². The molecule has 2 rings (SSSR count). The van der Waals surface area contributed by atoms with Crippen LogP contribution in [0.4, 0.5) is 11.9 Å². The Bertz CT molecular complexity index is 444. The molecule has 0 atom stereocenters. The van der Waals surface area contributed by atoms with Crippen LogP contribution < -0.4 is 15.4 Å². The molecule has 0 unspecified atom stereocenters. The standard InChI is InChI=1S/C10H17N5O2S/c1-7(2)17-10-13-8(11)12-9(14-10)15-3-5-18(16)6-4-15/h7H,3-6H2,1-2H3,(H2,11,12,13,14). The third-order valence-electron chi connectivity index (χ3n) is 2.42. The van der Waals surface area contributed by atoms with Gasteiger partial charge in [0.25, 0.3) is 0 Å². The Kier molecular flexibility index (Phi) is 3.95. The number of hydrogen-bond donors (Lipinski definition) is 1. The summed E-state index contributed by atoms with van der Waals surface area (Å²) in [5.74, 6) is 1.90. The second kappa shape index (κ2) is 5.47. The molecule has 1 fully saturated rings. The van der Waals surface area contributed by atoms with Crippen molar-refractivity contribution in [2.24, 2.45) is 0 Å². The summed E-state index contributed by atoms with van der Waals surface area (Å²) < 4.78 is 16.7. The zero-order valence-electron chi connectivity index (χ0n) is 10.5. The highest BCUT2D eigenvalue weighted by Gasteiger charge is 2.19. The van der Waals surface area contributed by atoms with Crippen LogP contribution in [0.2, 0.25) is 0 Å². The van der Waals surface area contributed by atoms with E-state index in [1.54, 1.807) is 0 Å². The number of anilines is 2. The minimum Gasteiger partial charge on any atom is -0.461 e. The molecule has 1 saturated heterocycles. The lowest BCUT2D eigenvalue weighted by Crippen LogP contribution is -2.39. The van der Waals surface area contributed by atoms with E-state index in [0.717, 1.165) is 0 Å². The maximum absolute atomic E-state index is 11.3. The van der Waals surface area contributed by atoms with Gasteiger partial charge in [0.15, 0.2) is 0 Å². The van der Waals surface area contributed by atoms with Crippen LogP contribution in [0, 0.1) is 0 Å². The maximum atomic E-state index is 11.3. The van der Waals surface area contributed by atoms with E-state index in [2.05, 4.69) is 15.0 Å². The predicted molar refractivity (Wildman–Crippen MR) is 70.1 cm³/mol. The van der Waals surface area contributed by atoms with Gasteiger partial charge in [-0.3, -0.25) is 4.21 Å². The van der Waals surface area contributed by atoms with Gasteiger partial charge < -0.3 is 15.4 Å². The highest BCUT2D eigenvalue weighted by molar-refractivity contribution is 7.85. The summed E-state index contributed by atoms with van der Waals surface area (Å²) in [5, 5.41) is 0. The van der Waals surface area contributed by atoms with E-state index in [0.29, 0.717) is 30.5 Å². The fourth-order valence-electron chi connectivity index (χ4n) is 1.60. The Morgan fingerprint density at radius 2 is 1.94 bits per heavy atom. The summed E-state index contributed by atoms with van der Waals surface area (Å²) in [6.45, 7) is 5.11. The second-order valence-corrected chi connectivity index (χ2v) is 5.97. The molecular weight excluding hydrogens is 254 g/mol. The van der Waals surface area contributed by atoms with Gasteiger partial charge in [0.1, 0.15) is 0 Å². The molecule has 1 aliphatic heterocycles. The van der Waals surface area contributed by atoms with Gasteiger partial charge in [0, 0.05) is 35.4 Å². The third kappa shape index (κ3) is 3.28. The highest BCUT2D eigenvalue weighted by Crippen LogP contribution is 2.16. The average Bonchev–Trinajstić information content (AvgIpc) is 2.28. The fraction of sp³-hybridized carbons (Fsp3) is 0.700. The number of nitrogen functional groups attached to an aromatic ring is 1. The summed E-state index contributed by atoms with van der Waals surface area (Å²) in [5.41, 5.74) is 5.64. The Balaban J connectivity index is 2.17. The van der Waals surface area contributed by atoms with Gasteiger partial charge in [0.05, 0.1) is 6.10 Å². The van der Waals surface area contributed by atoms with Gasteiger partial charge >= 0.3 is 6.01 Å². The molecular formula is C10H17N5O2S. The zero-order chi connectivity index (χ0) is 13.1. The van der Waals surface area contributed by atoms with E-state index >= 15 is 0 Å². The number of rotatable bonds is 3. The van der Waals surface area contributed by atoms with Gasteiger partial charge in [-0.1, -0.05) is 0 Å². The monoisotopic (exact) mass is 271 g/mol. The molecule has 1 aliphatic rings. The zero-order valence-corrected chi connectivity index (χ0v) is 11.3. The van der Waals surface area contributed by atoms with E-state index in [4.69, 9.17) is 10.5 Å². The molecule has 7 nitrogen and oxygen atoms in total. The van der Waals surface area contributed by atoms with Crippen molar-refractivity contribution in [1.82, 2.24) is 15.0 Å². The SMILES string of the molecule is CC(C)Oc1nc(N)nc(N2CCS(=O)CC2)n1. The summed E-state index contributed by atoms with van der Waals surface area (Å²) in [4.78, 5) is 14.2. The normalized spacial score (nSPS) is 17.2. The Morgan fingerprint density at radius 1 is 1.28 bits per heavy atom. The molecule has 2 heterocycles. The highest BCUT2D eigenvalue weighted by atomic mass is 32.2. The van der Waals surface area contributed by atoms with Crippen LogP contribution in [-0.2, 0) is 10.8 Å². The molecule has 0 saturated carbocycles. The minimum absolute atomic E-state index is 0.0199. The van der Waals surface area contributed by atoms with Gasteiger partial charge in [-0.2, -0.15) is 15.0 Å². The first kappa shape index (κ1) is 13.0. The van der Waals surface area contributed by atoms with Crippen molar-refractivity contribution in [3.63, 3.8) is 0 Å². The van der Waals surface area contributed by atoms with Crippen molar-refractivity contribution in [2.75, 3.05) is 35.2 Å². The lowest BCUT2D eigenvalue weighted by molar-refractivity contribution is 0.222. The number of aromatic nitrogens is 3. The first-order chi connectivity index (χ1) is 8.54. The van der Waals surface area contributed by atoms with E-state index in [-0.39, 0.29) is 18.1 Å². The molecule has 18 heavy (non-hydrogen) atoms. The number of nitrogens with zero attached hydrogens (tertiary/aromatic N) is 4. The summed E-state index contributed by atoms with van der Waals surface area (Å²) in [6, 6.07) is 0.235. The third-order valence-corrected chi connectivity index (χ3v) is 3.70. The van der Waals surface area contributed by atoms with Crippen LogP contribution >= 0.6 is 0 Å². The van der Waals surface area contributed by atoms with Gasteiger partial charge in [-0.25, -0.2) is 0 Å². The molecule has 0 aliphatic carbocycles. The van der Waals surface area contributed by atoms with Crippen LogP contribution in [0.3, 0.4) is 0 Å². The maximum Gasteiger partial charge on any atom is 0.323 e. The first-order valence-electron chi connectivity index (χ1n) is 5.82. The minimum atomic E-state index is -0.730. The molecule has 0 bridgehead atoms. The van der Waals surface area contributed by atoms with Crippen LogP contribution in [-0.4, -0.2) is 49.9 Å². The number of ether oxygens (including phenoxy) is 1. The second-order valence-electron chi connectivity index (χ2n) is 4.28. The largest absolute Gasteiger partial charge is 0.461 e. The topological polar surface area (TPSA) is 94.2 Å². The summed E-state index contributed by atoms with van der Waals surface area (Å²) in [7, 11) is -0.730. The first-order valence-corrected chi connectivity index (χ1v) is 7.31. The van der Waals surface area contributed by atoms with E-state index < -0.39 is 10.8 Å². The van der Waals surface area contributed by atoms with Crippen LogP contribution in [0.5, 0.6) is 6.01 Å². The van der Waals surface area contributed by atoms with E-state index in [1.165, 1.54) is 0 Å². The smallest absolute Gasteiger partial charge is 0.323 e. The lowest BCUT2D eigenvalue weighted by Gasteiger charge is -2.26. The van der Waals surface area contributed by atoms with Crippen molar-refractivity contribution in [1.29, 1.82) is 0 Å². The molecule has 0 radical (unpaired) electrons. The molecule has 1 aromatic rings. The van der Waals surface area contributed by atoms with Gasteiger partial charge in [0.2, 0.25) is 11.9 Å². The van der Waals surface area contributed by atoms with Crippen molar-refractivity contribution < 1.29 is 8.95 Å². The van der Waals surface area contributed by atoms with Gasteiger partial charge in [-0.15, -0.1) is 0 Å². The Labute approximate surface area is 108 Å². The molecule has 100 valence electrons. The molecule has 8 heteroatoms. The van der Waals surface area contributed by atoms with Crippen LogP contribution in [0.15, 0.2) is 0 Å². The number of nitrogens with two attached hydrogens (primary N) is 1. The van der Waals surface area contributed by atoms with Crippen molar-refractivity contribution in [3.8, 4) is 6.01 Å². The number of hydrogen-bond acceptors (Lipinski definition) is 7. The van der Waals surface area contributed by atoms with Crippen molar-refractivity contribution in [2.45, 2.75) is 20.0 Å². The Hall–Kier alpha value is -1.44. The van der Waals surface area contributed by atoms with Crippen LogP contribution in [0.25, 0.3) is 0 Å². The summed E-state index contributed by atoms with van der Waals surface area (Å²) in [6.07, 6.45) is -0.0199. The fourth-order valence-corrected chi connectivity index (χ4v) is 2.66. The molecule has 0 spiro atoms. The van der Waals surface area contributed by atoms with Crippen molar-refractivity contribution >= 4 is 22.7 Å². The quantitative estimate of drug-likeness (QED) is 0.814. The lowest BCUT2D eigenvalue weighted by atomic mass is 10.5. The predicted octanol–water partition coefficient (Wildman–Crippen LogP) is -0.190. The average molecular weight is 271 g/mol. The van der Waals surface area contributed by atoms with E-state index in [9.17, 15) is 4.21 Å². The van der Waals surface area contributed by atoms with Crippen LogP contribution in [0.1, 0.15) is 13.8 Å². The molecule has 2 N–H and O–H groups in total. The molecule has 0 aromatic carbocycles. The van der Waals surface area contributed by atoms with Gasteiger partial charge in [-0.05, 0) is 13.8 Å². The summed E-state index contributed by atoms with van der Waals surface area (Å²) >= 11 is 0. The Morgan fingerprint density at radius 3 is 2.56 bits per heavy atom.